The van der Waals surface area contributed by atoms with Crippen LogP contribution in [0.2, 0.25) is 0 Å². The molecule has 130 valence electrons. The van der Waals surface area contributed by atoms with Gasteiger partial charge in [0.2, 0.25) is 0 Å². The minimum absolute atomic E-state index is 0.0598. The molecular weight excluding hydrogens is 338 g/mol. The molecule has 1 unspecified atom stereocenters. The van der Waals surface area contributed by atoms with Crippen LogP contribution in [0.4, 0.5) is 5.69 Å². The number of aromatic nitrogens is 2. The van der Waals surface area contributed by atoms with Crippen molar-refractivity contribution in [1.82, 2.24) is 9.78 Å². The Balaban J connectivity index is 1.76. The molecule has 0 aliphatic carbocycles. The lowest BCUT2D eigenvalue weighted by atomic mass is 10.2. The number of rotatable bonds is 5. The molecule has 1 atom stereocenters. The maximum Gasteiger partial charge on any atom is 0.274 e. The molecule has 0 amide bonds. The molecule has 2 aromatic carbocycles. The van der Waals surface area contributed by atoms with Gasteiger partial charge in [0.25, 0.3) is 5.56 Å². The molecule has 0 bridgehead atoms. The Morgan fingerprint density at radius 1 is 1.12 bits per heavy atom. The largest absolute Gasteiger partial charge is 0.381 e. The molecule has 3 rings (SSSR count). The van der Waals surface area contributed by atoms with Crippen molar-refractivity contribution < 1.29 is 8.42 Å². The van der Waals surface area contributed by atoms with E-state index in [4.69, 9.17) is 0 Å². The summed E-state index contributed by atoms with van der Waals surface area (Å²) in [5.41, 5.74) is 0.660. The number of fused-ring (bicyclic) bond motifs is 1. The van der Waals surface area contributed by atoms with Gasteiger partial charge < -0.3 is 5.32 Å². The number of hydrogen-bond donors (Lipinski definition) is 1. The van der Waals surface area contributed by atoms with Gasteiger partial charge in [-0.05, 0) is 37.3 Å². The van der Waals surface area contributed by atoms with Gasteiger partial charge in [-0.25, -0.2) is 13.1 Å². The Kier molecular flexibility index (Phi) is 4.59. The second kappa shape index (κ2) is 6.68. The molecule has 1 heterocycles. The molecule has 0 saturated heterocycles. The summed E-state index contributed by atoms with van der Waals surface area (Å²) >= 11 is 0. The first-order chi connectivity index (χ1) is 11.8. The number of sulfone groups is 1. The van der Waals surface area contributed by atoms with Crippen LogP contribution < -0.4 is 10.9 Å². The normalized spacial score (nSPS) is 12.9. The molecule has 7 heteroatoms. The van der Waals surface area contributed by atoms with Crippen LogP contribution in [0.1, 0.15) is 6.92 Å². The van der Waals surface area contributed by atoms with Crippen LogP contribution in [0.15, 0.2) is 64.4 Å². The van der Waals surface area contributed by atoms with Gasteiger partial charge in [-0.1, -0.05) is 18.2 Å². The summed E-state index contributed by atoms with van der Waals surface area (Å²) in [5.74, 6) is 0. The van der Waals surface area contributed by atoms with Gasteiger partial charge in [0.05, 0.1) is 23.0 Å². The van der Waals surface area contributed by atoms with E-state index >= 15 is 0 Å². The van der Waals surface area contributed by atoms with Crippen molar-refractivity contribution in [3.63, 3.8) is 0 Å². The second-order valence-electron chi connectivity index (χ2n) is 6.06. The molecule has 0 aliphatic heterocycles. The first kappa shape index (κ1) is 17.2. The number of nitrogens with zero attached hydrogens (tertiary/aromatic N) is 2. The van der Waals surface area contributed by atoms with Gasteiger partial charge in [-0.3, -0.25) is 4.79 Å². The van der Waals surface area contributed by atoms with Crippen LogP contribution in [0.5, 0.6) is 0 Å². The summed E-state index contributed by atoms with van der Waals surface area (Å²) in [5, 5.41) is 8.93. The SMILES string of the molecule is CC(Cn1ncc2ccccc2c1=O)Nc1ccc(S(C)(=O)=O)cc1. The van der Waals surface area contributed by atoms with Crippen molar-refractivity contribution in [2.24, 2.45) is 0 Å². The lowest BCUT2D eigenvalue weighted by Crippen LogP contribution is -2.31. The van der Waals surface area contributed by atoms with Crippen molar-refractivity contribution in [2.45, 2.75) is 24.4 Å². The molecule has 6 nitrogen and oxygen atoms in total. The summed E-state index contributed by atoms with van der Waals surface area (Å²) in [6.07, 6.45) is 2.86. The minimum Gasteiger partial charge on any atom is -0.381 e. The van der Waals surface area contributed by atoms with Gasteiger partial charge in [0.1, 0.15) is 0 Å². The Morgan fingerprint density at radius 3 is 2.48 bits per heavy atom. The fourth-order valence-electron chi connectivity index (χ4n) is 2.65. The lowest BCUT2D eigenvalue weighted by molar-refractivity contribution is 0.537. The fraction of sp³-hybridized carbons (Fsp3) is 0.222. The van der Waals surface area contributed by atoms with E-state index in [1.54, 1.807) is 36.5 Å². The number of benzene rings is 2. The molecule has 1 N–H and O–H groups in total. The highest BCUT2D eigenvalue weighted by atomic mass is 32.2. The maximum atomic E-state index is 12.5. The van der Waals surface area contributed by atoms with E-state index < -0.39 is 9.84 Å². The van der Waals surface area contributed by atoms with E-state index in [0.717, 1.165) is 11.1 Å². The highest BCUT2D eigenvalue weighted by molar-refractivity contribution is 7.90. The topological polar surface area (TPSA) is 81.1 Å². The number of hydrogen-bond acceptors (Lipinski definition) is 5. The molecule has 0 fully saturated rings. The monoisotopic (exact) mass is 357 g/mol. The number of nitrogens with one attached hydrogen (secondary N) is 1. The summed E-state index contributed by atoms with van der Waals surface area (Å²) in [4.78, 5) is 12.8. The maximum absolute atomic E-state index is 12.5. The third kappa shape index (κ3) is 3.88. The first-order valence-electron chi connectivity index (χ1n) is 7.86. The molecule has 1 aromatic heterocycles. The van der Waals surface area contributed by atoms with Crippen LogP contribution >= 0.6 is 0 Å². The number of anilines is 1. The average molecular weight is 357 g/mol. The highest BCUT2D eigenvalue weighted by Crippen LogP contribution is 2.15. The fourth-order valence-corrected chi connectivity index (χ4v) is 3.28. The Labute approximate surface area is 146 Å². The van der Waals surface area contributed by atoms with E-state index in [0.29, 0.717) is 11.9 Å². The zero-order valence-electron chi connectivity index (χ0n) is 14.0. The van der Waals surface area contributed by atoms with Crippen molar-refractivity contribution in [3.8, 4) is 0 Å². The Hall–Kier alpha value is -2.67. The quantitative estimate of drug-likeness (QED) is 0.758. The van der Waals surface area contributed by atoms with Gasteiger partial charge in [-0.2, -0.15) is 5.10 Å². The molecule has 0 aliphatic rings. The predicted molar refractivity (Wildman–Crippen MR) is 98.6 cm³/mol. The van der Waals surface area contributed by atoms with Crippen molar-refractivity contribution in [2.75, 3.05) is 11.6 Å². The van der Waals surface area contributed by atoms with E-state index in [-0.39, 0.29) is 16.5 Å². The van der Waals surface area contributed by atoms with E-state index in [1.807, 2.05) is 25.1 Å². The van der Waals surface area contributed by atoms with Crippen LogP contribution in [-0.2, 0) is 16.4 Å². The molecule has 0 saturated carbocycles. The molecule has 0 spiro atoms. The first-order valence-corrected chi connectivity index (χ1v) is 9.75. The average Bonchev–Trinajstić information content (AvgIpc) is 2.57. The van der Waals surface area contributed by atoms with Crippen LogP contribution in [0.25, 0.3) is 10.8 Å². The zero-order valence-corrected chi connectivity index (χ0v) is 14.8. The van der Waals surface area contributed by atoms with Gasteiger partial charge in [-0.15, -0.1) is 0 Å². The third-order valence-corrected chi connectivity index (χ3v) is 5.03. The van der Waals surface area contributed by atoms with Crippen molar-refractivity contribution >= 4 is 26.3 Å². The van der Waals surface area contributed by atoms with E-state index in [2.05, 4.69) is 10.4 Å². The zero-order chi connectivity index (χ0) is 18.0. The van der Waals surface area contributed by atoms with Crippen molar-refractivity contribution in [1.29, 1.82) is 0 Å². The van der Waals surface area contributed by atoms with E-state index in [1.165, 1.54) is 10.9 Å². The highest BCUT2D eigenvalue weighted by Gasteiger charge is 2.10. The predicted octanol–water partition coefficient (Wildman–Crippen LogP) is 2.30. The summed E-state index contributed by atoms with van der Waals surface area (Å²) < 4.78 is 24.4. The van der Waals surface area contributed by atoms with Gasteiger partial charge in [0.15, 0.2) is 9.84 Å². The van der Waals surface area contributed by atoms with E-state index in [9.17, 15) is 13.2 Å². The van der Waals surface area contributed by atoms with Crippen LogP contribution in [0, 0.1) is 0 Å². The standard InChI is InChI=1S/C18H19N3O3S/c1-13(20-15-7-9-16(10-8-15)25(2,23)24)12-21-18(22)17-6-4-3-5-14(17)11-19-21/h3-11,13,20H,12H2,1-2H3. The minimum atomic E-state index is -3.21. The van der Waals surface area contributed by atoms with Crippen molar-refractivity contribution in [3.05, 3.63) is 65.1 Å². The molecule has 0 radical (unpaired) electrons. The van der Waals surface area contributed by atoms with Gasteiger partial charge in [0, 0.05) is 23.4 Å². The smallest absolute Gasteiger partial charge is 0.274 e. The third-order valence-electron chi connectivity index (χ3n) is 3.90. The van der Waals surface area contributed by atoms with Crippen LogP contribution in [-0.4, -0.2) is 30.5 Å². The Bertz CT molecular complexity index is 1060. The molecule has 25 heavy (non-hydrogen) atoms. The molecular formula is C18H19N3O3S. The Morgan fingerprint density at radius 2 is 1.80 bits per heavy atom. The summed E-state index contributed by atoms with van der Waals surface area (Å²) in [6.45, 7) is 2.34. The summed E-state index contributed by atoms with van der Waals surface area (Å²) in [6, 6.07) is 13.8. The lowest BCUT2D eigenvalue weighted by Gasteiger charge is -2.16. The summed E-state index contributed by atoms with van der Waals surface area (Å²) in [7, 11) is -3.21. The van der Waals surface area contributed by atoms with Gasteiger partial charge >= 0.3 is 0 Å². The second-order valence-corrected chi connectivity index (χ2v) is 8.08. The van der Waals surface area contributed by atoms with Crippen LogP contribution in [0.3, 0.4) is 0 Å². The molecule has 3 aromatic rings.